The molecule has 4 nitrogen and oxygen atoms in total. The highest BCUT2D eigenvalue weighted by Crippen LogP contribution is 2.30. The van der Waals surface area contributed by atoms with Gasteiger partial charge in [0.2, 0.25) is 0 Å². The molecule has 5 heteroatoms. The fourth-order valence-corrected chi connectivity index (χ4v) is 3.12. The highest BCUT2D eigenvalue weighted by atomic mass is 79.9. The Bertz CT molecular complexity index is 476. The van der Waals surface area contributed by atoms with Crippen LogP contribution < -0.4 is 16.4 Å². The van der Waals surface area contributed by atoms with E-state index in [1.54, 1.807) is 6.07 Å². The molecule has 2 rings (SSSR count). The number of rotatable bonds is 3. The van der Waals surface area contributed by atoms with Crippen molar-refractivity contribution in [3.63, 3.8) is 0 Å². The highest BCUT2D eigenvalue weighted by molar-refractivity contribution is 9.10. The van der Waals surface area contributed by atoms with E-state index in [1.165, 1.54) is 6.42 Å². The lowest BCUT2D eigenvalue weighted by Gasteiger charge is -2.40. The van der Waals surface area contributed by atoms with Gasteiger partial charge in [-0.05, 0) is 44.4 Å². The van der Waals surface area contributed by atoms with Crippen molar-refractivity contribution in [2.24, 2.45) is 11.5 Å². The predicted octanol–water partition coefficient (Wildman–Crippen LogP) is 2.25. The molecule has 1 saturated heterocycles. The first kappa shape index (κ1) is 14.3. The lowest BCUT2D eigenvalue weighted by atomic mass is 9.95. The third-order valence-electron chi connectivity index (χ3n) is 3.69. The van der Waals surface area contributed by atoms with Crippen LogP contribution in [0.15, 0.2) is 22.7 Å². The van der Waals surface area contributed by atoms with Gasteiger partial charge in [0.15, 0.2) is 0 Å². The van der Waals surface area contributed by atoms with Crippen LogP contribution in [0.4, 0.5) is 5.69 Å². The molecule has 0 aliphatic carbocycles. The zero-order valence-corrected chi connectivity index (χ0v) is 12.7. The van der Waals surface area contributed by atoms with Gasteiger partial charge in [-0.25, -0.2) is 0 Å². The molecule has 0 radical (unpaired) electrons. The molecular weight excluding hydrogens is 306 g/mol. The number of nitrogens with two attached hydrogens (primary N) is 2. The second-order valence-corrected chi connectivity index (χ2v) is 6.06. The van der Waals surface area contributed by atoms with Crippen LogP contribution in [0.2, 0.25) is 0 Å². The maximum atomic E-state index is 11.6. The minimum absolute atomic E-state index is 0.0738. The van der Waals surface area contributed by atoms with Crippen LogP contribution in [0.3, 0.4) is 0 Å². The van der Waals surface area contributed by atoms with Gasteiger partial charge < -0.3 is 16.4 Å². The molecule has 4 N–H and O–H groups in total. The molecule has 1 aromatic rings. The number of piperidine rings is 1. The number of nitrogens with zero attached hydrogens (tertiary/aromatic N) is 1. The summed E-state index contributed by atoms with van der Waals surface area (Å²) < 4.78 is 0.861. The van der Waals surface area contributed by atoms with Crippen molar-refractivity contribution in [1.82, 2.24) is 0 Å². The van der Waals surface area contributed by atoms with Gasteiger partial charge >= 0.3 is 0 Å². The minimum atomic E-state index is -0.398. The topological polar surface area (TPSA) is 72.3 Å². The van der Waals surface area contributed by atoms with Crippen molar-refractivity contribution in [3.8, 4) is 0 Å². The number of hydrogen-bond acceptors (Lipinski definition) is 3. The summed E-state index contributed by atoms with van der Waals surface area (Å²) in [5.41, 5.74) is 13.0. The fourth-order valence-electron chi connectivity index (χ4n) is 2.76. The van der Waals surface area contributed by atoms with Crippen LogP contribution >= 0.6 is 15.9 Å². The number of amides is 1. The molecule has 19 heavy (non-hydrogen) atoms. The number of benzene rings is 1. The Hall–Kier alpha value is -1.07. The first-order chi connectivity index (χ1) is 9.00. The predicted molar refractivity (Wildman–Crippen MR) is 81.3 cm³/mol. The third kappa shape index (κ3) is 3.09. The normalized spacial score (nSPS) is 21.2. The summed E-state index contributed by atoms with van der Waals surface area (Å²) in [5.74, 6) is -0.398. The highest BCUT2D eigenvalue weighted by Gasteiger charge is 2.28. The molecule has 2 atom stereocenters. The Morgan fingerprint density at radius 3 is 2.84 bits per heavy atom. The first-order valence-corrected chi connectivity index (χ1v) is 7.41. The van der Waals surface area contributed by atoms with E-state index >= 15 is 0 Å². The van der Waals surface area contributed by atoms with Crippen LogP contribution in [0.5, 0.6) is 0 Å². The Labute approximate surface area is 122 Å². The molecule has 1 fully saturated rings. The molecule has 104 valence electrons. The summed E-state index contributed by atoms with van der Waals surface area (Å²) in [7, 11) is 0. The Morgan fingerprint density at radius 2 is 2.21 bits per heavy atom. The zero-order valence-electron chi connectivity index (χ0n) is 11.1. The van der Waals surface area contributed by atoms with Crippen molar-refractivity contribution >= 4 is 27.5 Å². The second kappa shape index (κ2) is 5.92. The number of hydrogen-bond donors (Lipinski definition) is 2. The summed E-state index contributed by atoms with van der Waals surface area (Å²) in [4.78, 5) is 13.9. The Balaban J connectivity index is 2.41. The third-order valence-corrected chi connectivity index (χ3v) is 4.18. The number of carbonyl (C=O) groups excluding carboxylic acids is 1. The largest absolute Gasteiger partial charge is 0.366 e. The smallest absolute Gasteiger partial charge is 0.250 e. The maximum absolute atomic E-state index is 11.6. The number of primary amides is 1. The van der Waals surface area contributed by atoms with Gasteiger partial charge in [0, 0.05) is 28.8 Å². The average Bonchev–Trinajstić information content (AvgIpc) is 2.38. The SMILES string of the molecule is CC(N)C1CCCCN1c1ccc(Br)cc1C(N)=O. The van der Waals surface area contributed by atoms with Crippen LogP contribution in [0.25, 0.3) is 0 Å². The van der Waals surface area contributed by atoms with Gasteiger partial charge in [0.1, 0.15) is 0 Å². The van der Waals surface area contributed by atoms with Gasteiger partial charge in [-0.1, -0.05) is 15.9 Å². The maximum Gasteiger partial charge on any atom is 0.250 e. The number of halogens is 1. The van der Waals surface area contributed by atoms with E-state index in [4.69, 9.17) is 11.5 Å². The Kier molecular flexibility index (Phi) is 4.47. The van der Waals surface area contributed by atoms with E-state index in [0.29, 0.717) is 5.56 Å². The molecule has 0 bridgehead atoms. The lowest BCUT2D eigenvalue weighted by Crippen LogP contribution is -2.49. The van der Waals surface area contributed by atoms with Crippen LogP contribution in [-0.2, 0) is 0 Å². The molecule has 2 unspecified atom stereocenters. The van der Waals surface area contributed by atoms with E-state index in [2.05, 4.69) is 20.8 Å². The molecule has 0 saturated carbocycles. The van der Waals surface area contributed by atoms with Gasteiger partial charge in [-0.15, -0.1) is 0 Å². The van der Waals surface area contributed by atoms with Gasteiger partial charge in [-0.3, -0.25) is 4.79 Å². The first-order valence-electron chi connectivity index (χ1n) is 6.62. The summed E-state index contributed by atoms with van der Waals surface area (Å²) in [6.07, 6.45) is 3.37. The summed E-state index contributed by atoms with van der Waals surface area (Å²) >= 11 is 3.38. The fraction of sp³-hybridized carbons (Fsp3) is 0.500. The van der Waals surface area contributed by atoms with Crippen molar-refractivity contribution in [2.45, 2.75) is 38.3 Å². The van der Waals surface area contributed by atoms with Gasteiger partial charge in [-0.2, -0.15) is 0 Å². The average molecular weight is 326 g/mol. The van der Waals surface area contributed by atoms with Gasteiger partial charge in [0.25, 0.3) is 5.91 Å². The lowest BCUT2D eigenvalue weighted by molar-refractivity contribution is 0.100. The van der Waals surface area contributed by atoms with E-state index in [1.807, 2.05) is 19.1 Å². The van der Waals surface area contributed by atoms with Crippen LogP contribution in [0.1, 0.15) is 36.5 Å². The molecule has 1 aromatic carbocycles. The molecule has 0 aromatic heterocycles. The van der Waals surface area contributed by atoms with Crippen molar-refractivity contribution in [3.05, 3.63) is 28.2 Å². The zero-order chi connectivity index (χ0) is 14.0. The molecule has 0 spiro atoms. The summed E-state index contributed by atoms with van der Waals surface area (Å²) in [6.45, 7) is 2.94. The molecule has 1 amide bonds. The molecular formula is C14H20BrN3O. The van der Waals surface area contributed by atoms with Crippen LogP contribution in [0, 0.1) is 0 Å². The minimum Gasteiger partial charge on any atom is -0.366 e. The standard InChI is InChI=1S/C14H20BrN3O/c1-9(16)12-4-2-3-7-18(12)13-6-5-10(15)8-11(13)14(17)19/h5-6,8-9,12H,2-4,7,16H2,1H3,(H2,17,19). The quantitative estimate of drug-likeness (QED) is 0.895. The second-order valence-electron chi connectivity index (χ2n) is 5.14. The monoisotopic (exact) mass is 325 g/mol. The summed E-state index contributed by atoms with van der Waals surface area (Å²) in [6, 6.07) is 6.02. The van der Waals surface area contributed by atoms with Crippen molar-refractivity contribution < 1.29 is 4.79 Å². The van der Waals surface area contributed by atoms with E-state index in [-0.39, 0.29) is 12.1 Å². The molecule has 1 aliphatic heterocycles. The number of carbonyl (C=O) groups is 1. The number of anilines is 1. The molecule has 1 heterocycles. The van der Waals surface area contributed by atoms with Crippen molar-refractivity contribution in [1.29, 1.82) is 0 Å². The van der Waals surface area contributed by atoms with E-state index < -0.39 is 5.91 Å². The van der Waals surface area contributed by atoms with Crippen LogP contribution in [-0.4, -0.2) is 24.5 Å². The van der Waals surface area contributed by atoms with E-state index in [0.717, 1.165) is 29.5 Å². The summed E-state index contributed by atoms with van der Waals surface area (Å²) in [5, 5.41) is 0. The molecule has 1 aliphatic rings. The van der Waals surface area contributed by atoms with E-state index in [9.17, 15) is 4.79 Å². The van der Waals surface area contributed by atoms with Crippen molar-refractivity contribution in [2.75, 3.05) is 11.4 Å². The van der Waals surface area contributed by atoms with Gasteiger partial charge in [0.05, 0.1) is 5.56 Å². The Morgan fingerprint density at radius 1 is 1.47 bits per heavy atom.